The molecule has 0 fully saturated rings. The lowest BCUT2D eigenvalue weighted by molar-refractivity contribution is -0.119. The van der Waals surface area contributed by atoms with E-state index in [-0.39, 0.29) is 11.4 Å². The second-order valence-corrected chi connectivity index (χ2v) is 7.26. The number of benzene rings is 2. The standard InChI is InChI=1S/C23H23N5O3/c1-14-20-15(2)27(17-10-6-5-7-11-17)26-21(20)23(30)28(25-14)16(3)22(29)24-18-12-8-9-13-19(18)31-4/h5-13,16H,1-4H3,(H,24,29). The Labute approximate surface area is 179 Å². The van der Waals surface area contributed by atoms with Crippen LogP contribution >= 0.6 is 0 Å². The number of methoxy groups -OCH3 is 1. The lowest BCUT2D eigenvalue weighted by Gasteiger charge is -2.16. The van der Waals surface area contributed by atoms with Crippen molar-refractivity contribution in [2.24, 2.45) is 0 Å². The maximum Gasteiger partial charge on any atom is 0.295 e. The van der Waals surface area contributed by atoms with Crippen LogP contribution in [-0.4, -0.2) is 32.6 Å². The molecule has 0 saturated carbocycles. The number of para-hydroxylation sites is 3. The van der Waals surface area contributed by atoms with Crippen LogP contribution in [0.3, 0.4) is 0 Å². The molecule has 4 aromatic rings. The molecular formula is C23H23N5O3. The van der Waals surface area contributed by atoms with Crippen molar-refractivity contribution in [3.63, 3.8) is 0 Å². The van der Waals surface area contributed by atoms with Gasteiger partial charge in [0.25, 0.3) is 5.56 Å². The molecule has 1 amide bonds. The van der Waals surface area contributed by atoms with Crippen molar-refractivity contribution in [1.82, 2.24) is 19.6 Å². The van der Waals surface area contributed by atoms with Gasteiger partial charge in [-0.1, -0.05) is 30.3 Å². The Balaban J connectivity index is 1.75. The summed E-state index contributed by atoms with van der Waals surface area (Å²) in [6.45, 7) is 5.34. The molecule has 8 heteroatoms. The number of nitrogens with zero attached hydrogens (tertiary/aromatic N) is 4. The van der Waals surface area contributed by atoms with Crippen LogP contribution < -0.4 is 15.6 Å². The maximum atomic E-state index is 13.2. The number of carbonyl (C=O) groups excluding carboxylic acids is 1. The van der Waals surface area contributed by atoms with Crippen molar-refractivity contribution in [2.75, 3.05) is 12.4 Å². The fourth-order valence-corrected chi connectivity index (χ4v) is 3.63. The number of carbonyl (C=O) groups is 1. The van der Waals surface area contributed by atoms with Gasteiger partial charge in [0.15, 0.2) is 5.52 Å². The van der Waals surface area contributed by atoms with Gasteiger partial charge in [-0.2, -0.15) is 10.2 Å². The van der Waals surface area contributed by atoms with Crippen molar-refractivity contribution >= 4 is 22.5 Å². The van der Waals surface area contributed by atoms with Crippen LogP contribution in [0.25, 0.3) is 16.6 Å². The smallest absolute Gasteiger partial charge is 0.295 e. The average molecular weight is 417 g/mol. The van der Waals surface area contributed by atoms with E-state index >= 15 is 0 Å². The fraction of sp³-hybridized carbons (Fsp3) is 0.217. The Kier molecular flexibility index (Phi) is 5.29. The van der Waals surface area contributed by atoms with Crippen molar-refractivity contribution < 1.29 is 9.53 Å². The molecule has 1 N–H and O–H groups in total. The van der Waals surface area contributed by atoms with Crippen LogP contribution in [0.4, 0.5) is 5.69 Å². The van der Waals surface area contributed by atoms with Gasteiger partial charge in [0, 0.05) is 0 Å². The number of amides is 1. The predicted molar refractivity (Wildman–Crippen MR) is 119 cm³/mol. The number of rotatable bonds is 5. The topological polar surface area (TPSA) is 91.0 Å². The van der Waals surface area contributed by atoms with Gasteiger partial charge in [-0.25, -0.2) is 9.36 Å². The molecule has 2 heterocycles. The summed E-state index contributed by atoms with van der Waals surface area (Å²) in [5.74, 6) is 0.157. The van der Waals surface area contributed by atoms with Crippen LogP contribution in [0.1, 0.15) is 24.4 Å². The molecule has 0 aliphatic heterocycles. The number of aromatic nitrogens is 4. The Hall–Kier alpha value is -3.94. The van der Waals surface area contributed by atoms with E-state index in [1.165, 1.54) is 11.8 Å². The zero-order valence-electron chi connectivity index (χ0n) is 17.8. The summed E-state index contributed by atoms with van der Waals surface area (Å²) in [7, 11) is 1.53. The van der Waals surface area contributed by atoms with Gasteiger partial charge in [0.2, 0.25) is 5.91 Å². The SMILES string of the molecule is COc1ccccc1NC(=O)C(C)n1nc(C)c2c(C)n(-c3ccccc3)nc2c1=O. The van der Waals surface area contributed by atoms with E-state index < -0.39 is 11.6 Å². The third-order valence-corrected chi connectivity index (χ3v) is 5.26. The minimum absolute atomic E-state index is 0.283. The number of aryl methyl sites for hydroxylation is 2. The lowest BCUT2D eigenvalue weighted by Crippen LogP contribution is -2.34. The molecule has 1 unspecified atom stereocenters. The van der Waals surface area contributed by atoms with E-state index in [1.54, 1.807) is 29.8 Å². The van der Waals surface area contributed by atoms with E-state index in [4.69, 9.17) is 4.74 Å². The fourth-order valence-electron chi connectivity index (χ4n) is 3.63. The molecular weight excluding hydrogens is 394 g/mol. The largest absolute Gasteiger partial charge is 0.495 e. The molecule has 0 bridgehead atoms. The van der Waals surface area contributed by atoms with Gasteiger partial charge in [-0.05, 0) is 45.0 Å². The lowest BCUT2D eigenvalue weighted by atomic mass is 10.2. The van der Waals surface area contributed by atoms with Crippen LogP contribution in [0.2, 0.25) is 0 Å². The molecule has 2 aromatic carbocycles. The first-order chi connectivity index (χ1) is 14.9. The highest BCUT2D eigenvalue weighted by atomic mass is 16.5. The van der Waals surface area contributed by atoms with Crippen molar-refractivity contribution in [2.45, 2.75) is 26.8 Å². The Morgan fingerprint density at radius 3 is 2.42 bits per heavy atom. The monoisotopic (exact) mass is 417 g/mol. The summed E-state index contributed by atoms with van der Waals surface area (Å²) in [4.78, 5) is 26.1. The third kappa shape index (κ3) is 3.56. The van der Waals surface area contributed by atoms with Crippen LogP contribution in [-0.2, 0) is 4.79 Å². The summed E-state index contributed by atoms with van der Waals surface area (Å²) < 4.78 is 8.19. The number of hydrogen-bond acceptors (Lipinski definition) is 5. The van der Waals surface area contributed by atoms with Gasteiger partial charge in [-0.3, -0.25) is 9.59 Å². The summed E-state index contributed by atoms with van der Waals surface area (Å²) in [6.07, 6.45) is 0. The maximum absolute atomic E-state index is 13.2. The highest BCUT2D eigenvalue weighted by molar-refractivity contribution is 5.95. The summed E-state index contributed by atoms with van der Waals surface area (Å²) >= 11 is 0. The van der Waals surface area contributed by atoms with Crippen molar-refractivity contribution in [1.29, 1.82) is 0 Å². The molecule has 0 radical (unpaired) electrons. The Bertz CT molecular complexity index is 1320. The third-order valence-electron chi connectivity index (χ3n) is 5.26. The molecule has 0 aliphatic carbocycles. The molecule has 2 aromatic heterocycles. The zero-order chi connectivity index (χ0) is 22.1. The van der Waals surface area contributed by atoms with Gasteiger partial charge < -0.3 is 10.1 Å². The summed E-state index contributed by atoms with van der Waals surface area (Å²) in [6, 6.07) is 15.8. The Morgan fingerprint density at radius 2 is 1.71 bits per heavy atom. The van der Waals surface area contributed by atoms with Crippen LogP contribution in [0.5, 0.6) is 5.75 Å². The highest BCUT2D eigenvalue weighted by Gasteiger charge is 2.23. The van der Waals surface area contributed by atoms with E-state index in [1.807, 2.05) is 50.2 Å². The number of hydrogen-bond donors (Lipinski definition) is 1. The predicted octanol–water partition coefficient (Wildman–Crippen LogP) is 3.41. The quantitative estimate of drug-likeness (QED) is 0.537. The number of anilines is 1. The highest BCUT2D eigenvalue weighted by Crippen LogP contribution is 2.25. The molecule has 0 aliphatic rings. The summed E-state index contributed by atoms with van der Waals surface area (Å²) in [5.41, 5.74) is 2.69. The van der Waals surface area contributed by atoms with Crippen LogP contribution in [0.15, 0.2) is 59.4 Å². The summed E-state index contributed by atoms with van der Waals surface area (Å²) in [5, 5.41) is 12.5. The normalized spacial score (nSPS) is 12.0. The van der Waals surface area contributed by atoms with Gasteiger partial charge in [0.05, 0.1) is 35.3 Å². The Morgan fingerprint density at radius 1 is 1.03 bits per heavy atom. The van der Waals surface area contributed by atoms with E-state index in [0.29, 0.717) is 22.5 Å². The molecule has 4 rings (SSSR count). The zero-order valence-corrected chi connectivity index (χ0v) is 17.8. The van der Waals surface area contributed by atoms with E-state index in [2.05, 4.69) is 15.5 Å². The van der Waals surface area contributed by atoms with Gasteiger partial charge in [0.1, 0.15) is 11.8 Å². The number of ether oxygens (including phenoxy) is 1. The number of nitrogens with one attached hydrogen (secondary N) is 1. The molecule has 8 nitrogen and oxygen atoms in total. The van der Waals surface area contributed by atoms with E-state index in [9.17, 15) is 9.59 Å². The van der Waals surface area contributed by atoms with Gasteiger partial charge >= 0.3 is 0 Å². The molecule has 158 valence electrons. The van der Waals surface area contributed by atoms with Gasteiger partial charge in [-0.15, -0.1) is 0 Å². The molecule has 31 heavy (non-hydrogen) atoms. The van der Waals surface area contributed by atoms with E-state index in [0.717, 1.165) is 11.4 Å². The minimum atomic E-state index is -0.845. The van der Waals surface area contributed by atoms with Crippen LogP contribution in [0, 0.1) is 13.8 Å². The van der Waals surface area contributed by atoms with Crippen molar-refractivity contribution in [3.05, 3.63) is 76.3 Å². The average Bonchev–Trinajstić information content (AvgIpc) is 3.14. The number of fused-ring (bicyclic) bond motifs is 1. The van der Waals surface area contributed by atoms with Crippen molar-refractivity contribution in [3.8, 4) is 11.4 Å². The molecule has 0 saturated heterocycles. The first-order valence-corrected chi connectivity index (χ1v) is 9.90. The second-order valence-electron chi connectivity index (χ2n) is 7.26. The molecule has 1 atom stereocenters. The molecule has 0 spiro atoms. The second kappa shape index (κ2) is 8.06. The first-order valence-electron chi connectivity index (χ1n) is 9.90. The first kappa shape index (κ1) is 20.3. The minimum Gasteiger partial charge on any atom is -0.495 e.